The Labute approximate surface area is 80.9 Å². The van der Waals surface area contributed by atoms with Crippen LogP contribution in [0.3, 0.4) is 0 Å². The second-order valence-corrected chi connectivity index (χ2v) is 3.88. The van der Waals surface area contributed by atoms with Gasteiger partial charge in [0, 0.05) is 5.75 Å². The van der Waals surface area contributed by atoms with E-state index in [1.54, 1.807) is 0 Å². The third-order valence-electron chi connectivity index (χ3n) is 2.10. The number of rotatable bonds is 1. The summed E-state index contributed by atoms with van der Waals surface area (Å²) in [5, 5.41) is 1.26. The van der Waals surface area contributed by atoms with Gasteiger partial charge in [0.05, 0.1) is 6.04 Å². The van der Waals surface area contributed by atoms with E-state index >= 15 is 0 Å². The molecule has 1 aromatic carbocycles. The molecule has 2 N–H and O–H groups in total. The first-order valence-corrected chi connectivity index (χ1v) is 5.03. The summed E-state index contributed by atoms with van der Waals surface area (Å²) < 4.78 is 0. The number of hydrazine groups is 1. The van der Waals surface area contributed by atoms with Gasteiger partial charge >= 0.3 is 0 Å². The number of benzene rings is 1. The van der Waals surface area contributed by atoms with Crippen LogP contribution in [0.1, 0.15) is 11.6 Å². The van der Waals surface area contributed by atoms with Gasteiger partial charge in [-0.25, -0.2) is 5.84 Å². The molecular weight excluding hydrogens is 184 g/mol. The molecule has 1 fully saturated rings. The fraction of sp³-hybridized carbons (Fsp3) is 0.222. The second kappa shape index (κ2) is 3.40. The first-order valence-electron chi connectivity index (χ1n) is 4.04. The molecule has 1 saturated heterocycles. The lowest BCUT2D eigenvalue weighted by molar-refractivity contribution is 0.213. The highest BCUT2D eigenvalue weighted by Crippen LogP contribution is 2.31. The Morgan fingerprint density at radius 1 is 1.38 bits per heavy atom. The van der Waals surface area contributed by atoms with E-state index in [1.165, 1.54) is 16.8 Å². The van der Waals surface area contributed by atoms with Crippen LogP contribution in [-0.4, -0.2) is 16.0 Å². The number of nitrogens with zero attached hydrogens (tertiary/aromatic N) is 1. The highest BCUT2D eigenvalue weighted by Gasteiger charge is 2.30. The third-order valence-corrected chi connectivity index (χ3v) is 3.04. The molecule has 1 amide bonds. The molecular formula is C9H10N2OS. The van der Waals surface area contributed by atoms with Crippen molar-refractivity contribution in [1.82, 2.24) is 5.01 Å². The lowest BCUT2D eigenvalue weighted by Crippen LogP contribution is -2.33. The molecule has 13 heavy (non-hydrogen) atoms. The fourth-order valence-corrected chi connectivity index (χ4v) is 2.29. The molecule has 0 bridgehead atoms. The fourth-order valence-electron chi connectivity index (χ4n) is 1.36. The quantitative estimate of drug-likeness (QED) is 0.547. The van der Waals surface area contributed by atoms with Crippen LogP contribution in [0.25, 0.3) is 0 Å². The Balaban J connectivity index is 2.24. The van der Waals surface area contributed by atoms with E-state index in [1.807, 2.05) is 30.3 Å². The average molecular weight is 194 g/mol. The van der Waals surface area contributed by atoms with Gasteiger partial charge in [0.25, 0.3) is 5.24 Å². The van der Waals surface area contributed by atoms with E-state index in [9.17, 15) is 4.79 Å². The van der Waals surface area contributed by atoms with E-state index in [4.69, 9.17) is 5.84 Å². The molecule has 1 aliphatic rings. The molecule has 1 aliphatic heterocycles. The molecule has 1 atom stereocenters. The van der Waals surface area contributed by atoms with E-state index in [0.717, 1.165) is 11.3 Å². The van der Waals surface area contributed by atoms with Crippen molar-refractivity contribution in [2.45, 2.75) is 6.04 Å². The molecule has 0 spiro atoms. The van der Waals surface area contributed by atoms with Crippen LogP contribution < -0.4 is 5.84 Å². The van der Waals surface area contributed by atoms with Gasteiger partial charge in [-0.15, -0.1) is 0 Å². The molecule has 68 valence electrons. The van der Waals surface area contributed by atoms with Crippen molar-refractivity contribution < 1.29 is 4.79 Å². The summed E-state index contributed by atoms with van der Waals surface area (Å²) >= 11 is 1.27. The van der Waals surface area contributed by atoms with Crippen LogP contribution in [-0.2, 0) is 0 Å². The Morgan fingerprint density at radius 3 is 2.62 bits per heavy atom. The first kappa shape index (κ1) is 8.59. The van der Waals surface area contributed by atoms with Gasteiger partial charge in [-0.2, -0.15) is 0 Å². The van der Waals surface area contributed by atoms with E-state index in [0.29, 0.717) is 0 Å². The van der Waals surface area contributed by atoms with Crippen molar-refractivity contribution in [1.29, 1.82) is 0 Å². The Morgan fingerprint density at radius 2 is 2.08 bits per heavy atom. The summed E-state index contributed by atoms with van der Waals surface area (Å²) in [6.45, 7) is 0. The minimum atomic E-state index is -0.0474. The van der Waals surface area contributed by atoms with Gasteiger partial charge in [0.15, 0.2) is 0 Å². The number of amides is 1. The SMILES string of the molecule is NN1C(=O)SCC1c1ccccc1. The number of carbonyl (C=O) groups is 1. The Bertz CT molecular complexity index is 315. The predicted octanol–water partition coefficient (Wildman–Crippen LogP) is 1.77. The van der Waals surface area contributed by atoms with Gasteiger partial charge in [-0.1, -0.05) is 42.1 Å². The summed E-state index contributed by atoms with van der Waals surface area (Å²) in [5.74, 6) is 6.37. The molecule has 0 aromatic heterocycles. The summed E-state index contributed by atoms with van der Waals surface area (Å²) in [7, 11) is 0. The lowest BCUT2D eigenvalue weighted by Gasteiger charge is -2.17. The standard InChI is InChI=1S/C9H10N2OS/c10-11-8(6-13-9(11)12)7-4-2-1-3-5-7/h1-5,8H,6,10H2. The van der Waals surface area contributed by atoms with Crippen LogP contribution in [0.15, 0.2) is 30.3 Å². The van der Waals surface area contributed by atoms with Gasteiger partial charge in [0.1, 0.15) is 0 Å². The van der Waals surface area contributed by atoms with Crippen LogP contribution in [0.4, 0.5) is 4.79 Å². The monoisotopic (exact) mass is 194 g/mol. The summed E-state index contributed by atoms with van der Waals surface area (Å²) in [6, 6.07) is 9.88. The summed E-state index contributed by atoms with van der Waals surface area (Å²) in [5.41, 5.74) is 1.10. The Hall–Kier alpha value is -1.00. The smallest absolute Gasteiger partial charge is 0.263 e. The normalized spacial score (nSPS) is 22.4. The van der Waals surface area contributed by atoms with Crippen LogP contribution in [0, 0.1) is 0 Å². The zero-order valence-electron chi connectivity index (χ0n) is 7.01. The zero-order chi connectivity index (χ0) is 9.26. The number of hydrogen-bond acceptors (Lipinski definition) is 3. The maximum atomic E-state index is 11.1. The van der Waals surface area contributed by atoms with Gasteiger partial charge in [-0.3, -0.25) is 9.80 Å². The average Bonchev–Trinajstić information content (AvgIpc) is 2.49. The van der Waals surface area contributed by atoms with Crippen molar-refractivity contribution in [3.8, 4) is 0 Å². The summed E-state index contributed by atoms with van der Waals surface area (Å²) in [6.07, 6.45) is 0. The van der Waals surface area contributed by atoms with Gasteiger partial charge in [-0.05, 0) is 5.56 Å². The van der Waals surface area contributed by atoms with Crippen molar-refractivity contribution in [3.63, 3.8) is 0 Å². The van der Waals surface area contributed by atoms with Gasteiger partial charge in [0.2, 0.25) is 0 Å². The van der Waals surface area contributed by atoms with Crippen LogP contribution >= 0.6 is 11.8 Å². The molecule has 0 aliphatic carbocycles. The second-order valence-electron chi connectivity index (χ2n) is 2.91. The van der Waals surface area contributed by atoms with Crippen LogP contribution in [0.2, 0.25) is 0 Å². The number of thioether (sulfide) groups is 1. The van der Waals surface area contributed by atoms with Crippen molar-refractivity contribution in [2.75, 3.05) is 5.75 Å². The minimum absolute atomic E-state index is 0.0405. The molecule has 0 saturated carbocycles. The maximum absolute atomic E-state index is 11.1. The molecule has 3 nitrogen and oxygen atoms in total. The molecule has 1 aromatic rings. The van der Waals surface area contributed by atoms with E-state index in [2.05, 4.69) is 0 Å². The minimum Gasteiger partial charge on any atom is -0.263 e. The largest absolute Gasteiger partial charge is 0.296 e. The molecule has 4 heteroatoms. The number of nitrogens with two attached hydrogens (primary N) is 1. The van der Waals surface area contributed by atoms with Crippen molar-refractivity contribution in [2.24, 2.45) is 5.84 Å². The highest BCUT2D eigenvalue weighted by molar-refractivity contribution is 8.13. The molecule has 1 unspecified atom stereocenters. The predicted molar refractivity (Wildman–Crippen MR) is 53.1 cm³/mol. The number of carbonyl (C=O) groups excluding carboxylic acids is 1. The zero-order valence-corrected chi connectivity index (χ0v) is 7.83. The molecule has 2 rings (SSSR count). The van der Waals surface area contributed by atoms with E-state index < -0.39 is 0 Å². The summed E-state index contributed by atoms with van der Waals surface area (Å²) in [4.78, 5) is 11.1. The molecule has 1 heterocycles. The lowest BCUT2D eigenvalue weighted by atomic mass is 10.1. The Kier molecular flexibility index (Phi) is 2.24. The van der Waals surface area contributed by atoms with Crippen molar-refractivity contribution >= 4 is 17.0 Å². The van der Waals surface area contributed by atoms with Crippen molar-refractivity contribution in [3.05, 3.63) is 35.9 Å². The van der Waals surface area contributed by atoms with E-state index in [-0.39, 0.29) is 11.3 Å². The number of hydrogen-bond donors (Lipinski definition) is 1. The highest BCUT2D eigenvalue weighted by atomic mass is 32.2. The van der Waals surface area contributed by atoms with Gasteiger partial charge < -0.3 is 0 Å². The molecule has 0 radical (unpaired) electrons. The topological polar surface area (TPSA) is 46.3 Å². The third kappa shape index (κ3) is 1.55. The first-order chi connectivity index (χ1) is 6.29. The van der Waals surface area contributed by atoms with Crippen LogP contribution in [0.5, 0.6) is 0 Å². The maximum Gasteiger partial charge on any atom is 0.296 e.